The highest BCUT2D eigenvalue weighted by Gasteiger charge is 2.14. The van der Waals surface area contributed by atoms with Gasteiger partial charge in [-0.3, -0.25) is 9.88 Å². The van der Waals surface area contributed by atoms with Gasteiger partial charge in [0.25, 0.3) is 0 Å². The van der Waals surface area contributed by atoms with E-state index < -0.39 is 6.10 Å². The summed E-state index contributed by atoms with van der Waals surface area (Å²) in [5.74, 6) is 0.748. The number of hydrogen-bond acceptors (Lipinski definition) is 4. The minimum absolute atomic E-state index is 0.230. The number of pyridine rings is 1. The molecule has 0 amide bonds. The van der Waals surface area contributed by atoms with Crippen LogP contribution in [0.1, 0.15) is 11.1 Å². The summed E-state index contributed by atoms with van der Waals surface area (Å²) in [6, 6.07) is 30.4. The fraction of sp³-hybridized carbons (Fsp3) is 0.192. The fourth-order valence-corrected chi connectivity index (χ4v) is 3.61. The first-order chi connectivity index (χ1) is 14.8. The van der Waals surface area contributed by atoms with Crippen LogP contribution in [0.15, 0.2) is 97.2 Å². The molecule has 4 heteroatoms. The van der Waals surface area contributed by atoms with E-state index >= 15 is 0 Å². The average Bonchev–Trinajstić information content (AvgIpc) is 2.79. The van der Waals surface area contributed by atoms with Gasteiger partial charge in [-0.1, -0.05) is 66.7 Å². The minimum Gasteiger partial charge on any atom is -0.490 e. The highest BCUT2D eigenvalue weighted by Crippen LogP contribution is 2.23. The zero-order valence-electron chi connectivity index (χ0n) is 16.9. The standard InChI is InChI=1S/C26H26N2O2/c29-23(20-30-26-15-7-14-25-24(26)13-8-16-27-25)19-28(17-21-9-3-1-4-10-21)18-22-11-5-2-6-12-22/h1-16,23,29H,17-20H2. The fourth-order valence-electron chi connectivity index (χ4n) is 3.61. The van der Waals surface area contributed by atoms with Gasteiger partial charge in [0, 0.05) is 31.2 Å². The quantitative estimate of drug-likeness (QED) is 0.445. The molecule has 0 bridgehead atoms. The monoisotopic (exact) mass is 398 g/mol. The molecule has 4 aromatic rings. The summed E-state index contributed by atoms with van der Waals surface area (Å²) in [5, 5.41) is 11.7. The Balaban J connectivity index is 1.42. The Labute approximate surface area is 177 Å². The summed E-state index contributed by atoms with van der Waals surface area (Å²) in [6.45, 7) is 2.29. The summed E-state index contributed by atoms with van der Waals surface area (Å²) in [5.41, 5.74) is 3.34. The molecule has 0 aliphatic carbocycles. The second kappa shape index (κ2) is 10.0. The van der Waals surface area contributed by atoms with Crippen LogP contribution in [0, 0.1) is 0 Å². The summed E-state index contributed by atoms with van der Waals surface area (Å²) >= 11 is 0. The molecule has 1 heterocycles. The van der Waals surface area contributed by atoms with E-state index in [2.05, 4.69) is 34.1 Å². The van der Waals surface area contributed by atoms with Crippen molar-refractivity contribution in [3.05, 3.63) is 108 Å². The minimum atomic E-state index is -0.607. The van der Waals surface area contributed by atoms with Crippen molar-refractivity contribution in [2.24, 2.45) is 0 Å². The molecule has 4 rings (SSSR count). The number of nitrogens with zero attached hydrogens (tertiary/aromatic N) is 2. The number of aromatic nitrogens is 1. The van der Waals surface area contributed by atoms with Crippen molar-refractivity contribution >= 4 is 10.9 Å². The maximum atomic E-state index is 10.7. The van der Waals surface area contributed by atoms with E-state index in [9.17, 15) is 5.11 Å². The molecule has 0 aliphatic rings. The van der Waals surface area contributed by atoms with Gasteiger partial charge in [0.2, 0.25) is 0 Å². The molecule has 152 valence electrons. The Morgan fingerprint density at radius 3 is 2.10 bits per heavy atom. The van der Waals surface area contributed by atoms with E-state index in [0.717, 1.165) is 29.7 Å². The molecule has 3 aromatic carbocycles. The van der Waals surface area contributed by atoms with Crippen LogP contribution in [0.2, 0.25) is 0 Å². The third-order valence-corrected chi connectivity index (χ3v) is 5.00. The number of ether oxygens (including phenoxy) is 1. The predicted octanol–water partition coefficient (Wildman–Crippen LogP) is 4.68. The second-order valence-corrected chi connectivity index (χ2v) is 7.43. The van der Waals surface area contributed by atoms with Crippen LogP contribution >= 0.6 is 0 Å². The summed E-state index contributed by atoms with van der Waals surface area (Å²) < 4.78 is 5.97. The third kappa shape index (κ3) is 5.44. The van der Waals surface area contributed by atoms with Gasteiger partial charge < -0.3 is 9.84 Å². The van der Waals surface area contributed by atoms with Crippen LogP contribution in [0.25, 0.3) is 10.9 Å². The Hall–Kier alpha value is -3.21. The molecular weight excluding hydrogens is 372 g/mol. The number of fused-ring (bicyclic) bond motifs is 1. The van der Waals surface area contributed by atoms with Gasteiger partial charge in [0.15, 0.2) is 0 Å². The molecule has 1 aromatic heterocycles. The molecule has 1 atom stereocenters. The Bertz CT molecular complexity index is 1010. The molecule has 1 N–H and O–H groups in total. The number of hydrogen-bond donors (Lipinski definition) is 1. The molecule has 1 unspecified atom stereocenters. The van der Waals surface area contributed by atoms with Crippen molar-refractivity contribution in [3.8, 4) is 5.75 Å². The van der Waals surface area contributed by atoms with Crippen molar-refractivity contribution in [2.45, 2.75) is 19.2 Å². The van der Waals surface area contributed by atoms with Crippen molar-refractivity contribution < 1.29 is 9.84 Å². The summed E-state index contributed by atoms with van der Waals surface area (Å²) in [7, 11) is 0. The molecule has 0 radical (unpaired) electrons. The van der Waals surface area contributed by atoms with Crippen LogP contribution < -0.4 is 4.74 Å². The number of rotatable bonds is 9. The van der Waals surface area contributed by atoms with Gasteiger partial charge in [0.05, 0.1) is 5.52 Å². The van der Waals surface area contributed by atoms with Crippen molar-refractivity contribution in [3.63, 3.8) is 0 Å². The molecule has 0 spiro atoms. The smallest absolute Gasteiger partial charge is 0.128 e. The van der Waals surface area contributed by atoms with E-state index in [1.165, 1.54) is 11.1 Å². The zero-order chi connectivity index (χ0) is 20.6. The largest absolute Gasteiger partial charge is 0.490 e. The van der Waals surface area contributed by atoms with Crippen molar-refractivity contribution in [1.29, 1.82) is 0 Å². The van der Waals surface area contributed by atoms with E-state index in [0.29, 0.717) is 6.54 Å². The lowest BCUT2D eigenvalue weighted by Crippen LogP contribution is -2.35. The van der Waals surface area contributed by atoms with Crippen LogP contribution in [0.5, 0.6) is 5.75 Å². The normalized spacial score (nSPS) is 12.2. The first-order valence-electron chi connectivity index (χ1n) is 10.2. The van der Waals surface area contributed by atoms with Gasteiger partial charge in [0.1, 0.15) is 18.5 Å². The predicted molar refractivity (Wildman–Crippen MR) is 120 cm³/mol. The maximum Gasteiger partial charge on any atom is 0.128 e. The third-order valence-electron chi connectivity index (χ3n) is 5.00. The highest BCUT2D eigenvalue weighted by atomic mass is 16.5. The van der Waals surface area contributed by atoms with Crippen LogP contribution in [-0.4, -0.2) is 34.2 Å². The van der Waals surface area contributed by atoms with Gasteiger partial charge in [-0.2, -0.15) is 0 Å². The molecule has 30 heavy (non-hydrogen) atoms. The summed E-state index contributed by atoms with van der Waals surface area (Å²) in [6.07, 6.45) is 1.16. The van der Waals surface area contributed by atoms with Gasteiger partial charge in [-0.25, -0.2) is 0 Å². The lowest BCUT2D eigenvalue weighted by Gasteiger charge is -2.25. The molecule has 0 fully saturated rings. The first kappa shape index (κ1) is 20.1. The van der Waals surface area contributed by atoms with E-state index in [4.69, 9.17) is 4.74 Å². The van der Waals surface area contributed by atoms with Crippen LogP contribution in [0.4, 0.5) is 0 Å². The van der Waals surface area contributed by atoms with Crippen LogP contribution in [-0.2, 0) is 13.1 Å². The Kier molecular flexibility index (Phi) is 6.70. The highest BCUT2D eigenvalue weighted by molar-refractivity contribution is 5.84. The maximum absolute atomic E-state index is 10.7. The lowest BCUT2D eigenvalue weighted by atomic mass is 10.1. The summed E-state index contributed by atoms with van der Waals surface area (Å²) in [4.78, 5) is 6.61. The molecular formula is C26H26N2O2. The van der Waals surface area contributed by atoms with Crippen molar-refractivity contribution in [1.82, 2.24) is 9.88 Å². The topological polar surface area (TPSA) is 45.6 Å². The Morgan fingerprint density at radius 2 is 1.43 bits per heavy atom. The van der Waals surface area contributed by atoms with E-state index in [-0.39, 0.29) is 6.61 Å². The van der Waals surface area contributed by atoms with E-state index in [1.54, 1.807) is 6.20 Å². The van der Waals surface area contributed by atoms with E-state index in [1.807, 2.05) is 66.7 Å². The second-order valence-electron chi connectivity index (χ2n) is 7.43. The van der Waals surface area contributed by atoms with Crippen LogP contribution in [0.3, 0.4) is 0 Å². The zero-order valence-corrected chi connectivity index (χ0v) is 16.9. The first-order valence-corrected chi connectivity index (χ1v) is 10.2. The van der Waals surface area contributed by atoms with Gasteiger partial charge in [-0.05, 0) is 35.4 Å². The molecule has 4 nitrogen and oxygen atoms in total. The lowest BCUT2D eigenvalue weighted by molar-refractivity contribution is 0.0633. The SMILES string of the molecule is OC(COc1cccc2ncccc12)CN(Cc1ccccc1)Cc1ccccc1. The Morgan fingerprint density at radius 1 is 0.767 bits per heavy atom. The number of benzene rings is 3. The van der Waals surface area contributed by atoms with Crippen molar-refractivity contribution in [2.75, 3.05) is 13.2 Å². The van der Waals surface area contributed by atoms with Gasteiger partial charge >= 0.3 is 0 Å². The average molecular weight is 399 g/mol. The molecule has 0 aliphatic heterocycles. The van der Waals surface area contributed by atoms with Gasteiger partial charge in [-0.15, -0.1) is 0 Å². The molecule has 0 saturated heterocycles. The number of aliphatic hydroxyl groups excluding tert-OH is 1. The molecule has 0 saturated carbocycles. The number of aliphatic hydroxyl groups is 1.